The molecule has 7 nitrogen and oxygen atoms in total. The number of hydrogen-bond acceptors (Lipinski definition) is 6. The monoisotopic (exact) mass is 328 g/mol. The second-order valence-electron chi connectivity index (χ2n) is 4.00. The molecule has 0 aliphatic heterocycles. The van der Waals surface area contributed by atoms with Crippen LogP contribution in [0.1, 0.15) is 12.7 Å². The van der Waals surface area contributed by atoms with E-state index >= 15 is 0 Å². The average molecular weight is 329 g/mol. The highest BCUT2D eigenvalue weighted by Crippen LogP contribution is 2.39. The molecule has 1 heterocycles. The zero-order valence-corrected chi connectivity index (χ0v) is 12.4. The molecule has 0 aliphatic carbocycles. The summed E-state index contributed by atoms with van der Waals surface area (Å²) in [4.78, 5) is 18.2. The number of nitrogen functional groups attached to an aromatic ring is 1. The van der Waals surface area contributed by atoms with Crippen LogP contribution in [0.25, 0.3) is 0 Å². The standard InChI is InChI=1S/C12H10Cl2N4O3/c1-2-10-16-9(15)5-11(17-10)21-12-7(13)3-6(18(19)20)4-8(12)14/h3-5H,2H2,1H3,(H2,15,16,17). The summed E-state index contributed by atoms with van der Waals surface area (Å²) in [5.74, 6) is 0.978. The Morgan fingerprint density at radius 3 is 2.43 bits per heavy atom. The van der Waals surface area contributed by atoms with Crippen molar-refractivity contribution in [2.45, 2.75) is 13.3 Å². The molecule has 1 aromatic heterocycles. The predicted molar refractivity (Wildman–Crippen MR) is 79.0 cm³/mol. The molecule has 0 saturated heterocycles. The maximum absolute atomic E-state index is 10.7. The molecule has 0 spiro atoms. The van der Waals surface area contributed by atoms with Crippen molar-refractivity contribution in [3.05, 3.63) is 44.2 Å². The van der Waals surface area contributed by atoms with E-state index in [4.69, 9.17) is 33.7 Å². The zero-order chi connectivity index (χ0) is 15.6. The fourth-order valence-electron chi connectivity index (χ4n) is 1.56. The van der Waals surface area contributed by atoms with Gasteiger partial charge in [-0.3, -0.25) is 10.1 Å². The number of nitro groups is 1. The fraction of sp³-hybridized carbons (Fsp3) is 0.167. The largest absolute Gasteiger partial charge is 0.436 e. The summed E-state index contributed by atoms with van der Waals surface area (Å²) in [7, 11) is 0. The Bertz CT molecular complexity index is 686. The number of hydrogen-bond donors (Lipinski definition) is 1. The first-order valence-corrected chi connectivity index (χ1v) is 6.61. The number of rotatable bonds is 4. The Kier molecular flexibility index (Phi) is 4.44. The minimum Gasteiger partial charge on any atom is -0.436 e. The maximum atomic E-state index is 10.7. The lowest BCUT2D eigenvalue weighted by molar-refractivity contribution is -0.384. The average Bonchev–Trinajstić information content (AvgIpc) is 2.41. The van der Waals surface area contributed by atoms with E-state index in [1.54, 1.807) is 0 Å². The number of ether oxygens (including phenoxy) is 1. The van der Waals surface area contributed by atoms with Gasteiger partial charge in [-0.1, -0.05) is 30.1 Å². The SMILES string of the molecule is CCc1nc(N)cc(Oc2c(Cl)cc([N+](=O)[O-])cc2Cl)n1. The van der Waals surface area contributed by atoms with E-state index in [2.05, 4.69) is 9.97 Å². The zero-order valence-electron chi connectivity index (χ0n) is 10.8. The van der Waals surface area contributed by atoms with Gasteiger partial charge in [-0.05, 0) is 0 Å². The molecule has 0 aliphatic rings. The summed E-state index contributed by atoms with van der Waals surface area (Å²) >= 11 is 11.9. The molecule has 0 unspecified atom stereocenters. The van der Waals surface area contributed by atoms with Crippen LogP contribution in [0, 0.1) is 10.1 Å². The smallest absolute Gasteiger partial charge is 0.272 e. The van der Waals surface area contributed by atoms with Crippen LogP contribution in [0.5, 0.6) is 11.6 Å². The second-order valence-corrected chi connectivity index (χ2v) is 4.81. The topological polar surface area (TPSA) is 104 Å². The van der Waals surface area contributed by atoms with Crippen LogP contribution in [0.3, 0.4) is 0 Å². The number of anilines is 1. The Morgan fingerprint density at radius 2 is 1.90 bits per heavy atom. The van der Waals surface area contributed by atoms with Gasteiger partial charge in [0, 0.05) is 24.6 Å². The van der Waals surface area contributed by atoms with Gasteiger partial charge in [-0.15, -0.1) is 0 Å². The number of aromatic nitrogens is 2. The quantitative estimate of drug-likeness (QED) is 0.678. The lowest BCUT2D eigenvalue weighted by Crippen LogP contribution is -2.01. The van der Waals surface area contributed by atoms with Gasteiger partial charge in [-0.2, -0.15) is 4.98 Å². The molecule has 0 atom stereocenters. The van der Waals surface area contributed by atoms with E-state index in [-0.39, 0.29) is 33.2 Å². The maximum Gasteiger partial charge on any atom is 0.272 e. The third-order valence-electron chi connectivity index (χ3n) is 2.49. The van der Waals surface area contributed by atoms with Crippen LogP contribution < -0.4 is 10.5 Å². The molecule has 9 heteroatoms. The van der Waals surface area contributed by atoms with Crippen LogP contribution in [-0.2, 0) is 6.42 Å². The molecule has 0 bridgehead atoms. The number of benzene rings is 1. The van der Waals surface area contributed by atoms with Crippen LogP contribution >= 0.6 is 23.2 Å². The summed E-state index contributed by atoms with van der Waals surface area (Å²) in [6, 6.07) is 3.70. The van der Waals surface area contributed by atoms with Gasteiger partial charge >= 0.3 is 0 Å². The highest BCUT2D eigenvalue weighted by molar-refractivity contribution is 6.37. The van der Waals surface area contributed by atoms with Crippen molar-refractivity contribution < 1.29 is 9.66 Å². The Labute approximate surface area is 129 Å². The van der Waals surface area contributed by atoms with E-state index < -0.39 is 4.92 Å². The predicted octanol–water partition coefficient (Wildman–Crippen LogP) is 3.63. The van der Waals surface area contributed by atoms with Crippen molar-refractivity contribution in [2.24, 2.45) is 0 Å². The number of nitro benzene ring substituents is 1. The van der Waals surface area contributed by atoms with Gasteiger partial charge in [-0.25, -0.2) is 4.98 Å². The molecule has 2 rings (SSSR count). The van der Waals surface area contributed by atoms with E-state index in [0.29, 0.717) is 12.2 Å². The molecule has 0 saturated carbocycles. The number of aryl methyl sites for hydroxylation is 1. The van der Waals surface area contributed by atoms with E-state index in [1.165, 1.54) is 6.07 Å². The summed E-state index contributed by atoms with van der Waals surface area (Å²) in [5, 5.41) is 10.7. The van der Waals surface area contributed by atoms with Crippen molar-refractivity contribution in [2.75, 3.05) is 5.73 Å². The lowest BCUT2D eigenvalue weighted by atomic mass is 10.3. The number of non-ortho nitro benzene ring substituents is 1. The third-order valence-corrected chi connectivity index (χ3v) is 3.05. The van der Waals surface area contributed by atoms with Crippen molar-refractivity contribution in [1.82, 2.24) is 9.97 Å². The minimum atomic E-state index is -0.598. The lowest BCUT2D eigenvalue weighted by Gasteiger charge is -2.09. The molecule has 2 N–H and O–H groups in total. The Hall–Kier alpha value is -2.12. The number of nitrogens with zero attached hydrogens (tertiary/aromatic N) is 3. The Balaban J connectivity index is 2.40. The van der Waals surface area contributed by atoms with Gasteiger partial charge in [0.25, 0.3) is 5.69 Å². The van der Waals surface area contributed by atoms with Crippen molar-refractivity contribution in [1.29, 1.82) is 0 Å². The molecule has 0 fully saturated rings. The van der Waals surface area contributed by atoms with Crippen molar-refractivity contribution in [3.63, 3.8) is 0 Å². The van der Waals surface area contributed by atoms with Gasteiger partial charge in [0.05, 0.1) is 15.0 Å². The molecular formula is C12H10Cl2N4O3. The number of halogens is 2. The van der Waals surface area contributed by atoms with Crippen molar-refractivity contribution >= 4 is 34.7 Å². The molecule has 2 aromatic rings. The molecule has 0 radical (unpaired) electrons. The number of nitrogens with two attached hydrogens (primary N) is 1. The van der Waals surface area contributed by atoms with Gasteiger partial charge < -0.3 is 10.5 Å². The van der Waals surface area contributed by atoms with Gasteiger partial charge in [0.1, 0.15) is 11.6 Å². The molecule has 21 heavy (non-hydrogen) atoms. The van der Waals surface area contributed by atoms with Crippen LogP contribution in [-0.4, -0.2) is 14.9 Å². The summed E-state index contributed by atoms with van der Waals surface area (Å²) in [6.07, 6.45) is 0.573. The second kappa shape index (κ2) is 6.11. The first-order chi connectivity index (χ1) is 9.90. The molecule has 0 amide bonds. The molecule has 1 aromatic carbocycles. The van der Waals surface area contributed by atoms with Crippen LogP contribution in [0.4, 0.5) is 11.5 Å². The van der Waals surface area contributed by atoms with E-state index in [0.717, 1.165) is 12.1 Å². The highest BCUT2D eigenvalue weighted by Gasteiger charge is 2.17. The van der Waals surface area contributed by atoms with Crippen molar-refractivity contribution in [3.8, 4) is 11.6 Å². The normalized spacial score (nSPS) is 10.4. The van der Waals surface area contributed by atoms with Gasteiger partial charge in [0.15, 0.2) is 5.75 Å². The first-order valence-electron chi connectivity index (χ1n) is 5.85. The summed E-state index contributed by atoms with van der Waals surface area (Å²) < 4.78 is 5.48. The fourth-order valence-corrected chi connectivity index (χ4v) is 2.11. The summed E-state index contributed by atoms with van der Waals surface area (Å²) in [5.41, 5.74) is 5.41. The van der Waals surface area contributed by atoms with E-state index in [9.17, 15) is 10.1 Å². The Morgan fingerprint density at radius 1 is 1.29 bits per heavy atom. The molecule has 110 valence electrons. The third kappa shape index (κ3) is 3.50. The highest BCUT2D eigenvalue weighted by atomic mass is 35.5. The van der Waals surface area contributed by atoms with Crippen LogP contribution in [0.2, 0.25) is 10.0 Å². The summed E-state index contributed by atoms with van der Waals surface area (Å²) in [6.45, 7) is 1.87. The minimum absolute atomic E-state index is 0.00410. The van der Waals surface area contributed by atoms with Gasteiger partial charge in [0.2, 0.25) is 5.88 Å². The van der Waals surface area contributed by atoms with Crippen LogP contribution in [0.15, 0.2) is 18.2 Å². The molecular weight excluding hydrogens is 319 g/mol. The van der Waals surface area contributed by atoms with E-state index in [1.807, 2.05) is 6.92 Å². The first kappa shape index (κ1) is 15.3.